The van der Waals surface area contributed by atoms with Gasteiger partial charge in [-0.15, -0.1) is 0 Å². The van der Waals surface area contributed by atoms with Gasteiger partial charge in [-0.2, -0.15) is 36.7 Å². The van der Waals surface area contributed by atoms with Gasteiger partial charge in [-0.1, -0.05) is 11.6 Å². The van der Waals surface area contributed by atoms with Crippen LogP contribution in [0.4, 0.5) is 26.3 Å². The molecule has 2 aromatic heterocycles. The largest absolute Gasteiger partial charge is 1.00 e. The number of hydrogen-bond acceptors (Lipinski definition) is 10. The standard InChI is InChI=1S/C19H11ClF6N5O7P.2Na/c20-10-1-9(5-27)2-12(3-10)38-14-15(19(24,25)26)28-7-30(17(14)33)6-11-4-13(18(21,22)23)16(32)31(29-11)8-37-39(34,35)36;;/h1-4,7H,6,8H2,(H2,34,35,36);;/q;2*+1/p-2. The van der Waals surface area contributed by atoms with Crippen molar-refractivity contribution in [1.29, 1.82) is 5.26 Å². The topological polar surface area (TPSA) is 175 Å². The molecule has 0 saturated carbocycles. The van der Waals surface area contributed by atoms with E-state index in [4.69, 9.17) is 21.6 Å². The number of aromatic nitrogens is 4. The number of ether oxygens (including phenoxy) is 1. The summed E-state index contributed by atoms with van der Waals surface area (Å²) >= 11 is 5.79. The van der Waals surface area contributed by atoms with E-state index in [1.165, 1.54) is 0 Å². The van der Waals surface area contributed by atoms with Gasteiger partial charge in [-0.3, -0.25) is 14.2 Å². The molecular formula is C19H9ClF6N5Na2O7P. The van der Waals surface area contributed by atoms with Crippen LogP contribution in [0.5, 0.6) is 11.5 Å². The van der Waals surface area contributed by atoms with Gasteiger partial charge in [-0.25, -0.2) is 9.67 Å². The Hall–Kier alpha value is -1.75. The summed E-state index contributed by atoms with van der Waals surface area (Å²) in [6.45, 7) is -2.61. The minimum atomic E-state index is -5.77. The van der Waals surface area contributed by atoms with Gasteiger partial charge >= 0.3 is 71.5 Å². The van der Waals surface area contributed by atoms with Crippen molar-refractivity contribution in [3.8, 4) is 17.6 Å². The molecule has 0 amide bonds. The minimum Gasteiger partial charge on any atom is -0.790 e. The first-order valence-corrected chi connectivity index (χ1v) is 11.6. The van der Waals surface area contributed by atoms with E-state index in [1.807, 2.05) is 0 Å². The van der Waals surface area contributed by atoms with Crippen LogP contribution in [0.3, 0.4) is 0 Å². The zero-order valence-electron chi connectivity index (χ0n) is 20.5. The normalized spacial score (nSPS) is 11.7. The first-order chi connectivity index (χ1) is 17.9. The second-order valence-corrected chi connectivity index (χ2v) is 8.89. The van der Waals surface area contributed by atoms with Gasteiger partial charge in [-0.05, 0) is 24.3 Å². The number of halogens is 7. The van der Waals surface area contributed by atoms with Crippen molar-refractivity contribution < 1.29 is 109 Å². The van der Waals surface area contributed by atoms with E-state index < -0.39 is 73.0 Å². The fraction of sp³-hybridized carbons (Fsp3) is 0.211. The van der Waals surface area contributed by atoms with Gasteiger partial charge in [0.05, 0.1) is 38.0 Å². The van der Waals surface area contributed by atoms with E-state index in [-0.39, 0.29) is 80.4 Å². The van der Waals surface area contributed by atoms with Crippen LogP contribution >= 0.6 is 19.4 Å². The number of phosphoric acid groups is 1. The van der Waals surface area contributed by atoms with Crippen molar-refractivity contribution >= 4 is 19.4 Å². The number of nitrogens with zero attached hydrogens (tertiary/aromatic N) is 5. The summed E-state index contributed by atoms with van der Waals surface area (Å²) in [5.74, 6) is -1.92. The summed E-state index contributed by atoms with van der Waals surface area (Å²) in [6.07, 6.45) is -10.3. The Balaban J connectivity index is 0.00000420. The molecule has 41 heavy (non-hydrogen) atoms. The van der Waals surface area contributed by atoms with Crippen LogP contribution in [0.1, 0.15) is 22.5 Å². The molecule has 2 heterocycles. The van der Waals surface area contributed by atoms with E-state index in [0.29, 0.717) is 10.9 Å². The maximum Gasteiger partial charge on any atom is 1.00 e. The van der Waals surface area contributed by atoms with Gasteiger partial charge in [0, 0.05) is 5.02 Å². The van der Waals surface area contributed by atoms with Crippen molar-refractivity contribution in [3.05, 3.63) is 78.8 Å². The van der Waals surface area contributed by atoms with E-state index in [1.54, 1.807) is 6.07 Å². The summed E-state index contributed by atoms with van der Waals surface area (Å²) in [6, 6.07) is 4.87. The molecule has 0 unspecified atom stereocenters. The third kappa shape index (κ3) is 9.90. The average Bonchev–Trinajstić information content (AvgIpc) is 2.79. The third-order valence-electron chi connectivity index (χ3n) is 4.49. The van der Waals surface area contributed by atoms with Crippen LogP contribution in [0.25, 0.3) is 0 Å². The van der Waals surface area contributed by atoms with Crippen molar-refractivity contribution in [2.24, 2.45) is 0 Å². The molecule has 3 aromatic rings. The second-order valence-electron chi connectivity index (χ2n) is 7.30. The van der Waals surface area contributed by atoms with E-state index in [2.05, 4.69) is 14.6 Å². The summed E-state index contributed by atoms with van der Waals surface area (Å²) < 4.78 is 100. The molecule has 0 N–H and O–H groups in total. The first-order valence-electron chi connectivity index (χ1n) is 9.79. The van der Waals surface area contributed by atoms with Crippen LogP contribution in [-0.2, 0) is 34.7 Å². The average molecular weight is 646 g/mol. The smallest absolute Gasteiger partial charge is 0.790 e. The molecule has 0 bridgehead atoms. The Labute approximate surface area is 273 Å². The molecule has 0 radical (unpaired) electrons. The van der Waals surface area contributed by atoms with Gasteiger partial charge in [0.1, 0.15) is 18.0 Å². The molecule has 0 aliphatic carbocycles. The van der Waals surface area contributed by atoms with Gasteiger partial charge < -0.3 is 23.6 Å². The molecule has 0 saturated heterocycles. The predicted molar refractivity (Wildman–Crippen MR) is 111 cm³/mol. The number of nitriles is 1. The zero-order chi connectivity index (χ0) is 29.3. The molecular weight excluding hydrogens is 637 g/mol. The van der Waals surface area contributed by atoms with Crippen LogP contribution in [0.2, 0.25) is 5.02 Å². The number of phosphoric ester groups is 1. The molecule has 208 valence electrons. The van der Waals surface area contributed by atoms with E-state index in [0.717, 1.165) is 18.2 Å². The van der Waals surface area contributed by atoms with Crippen molar-refractivity contribution in [1.82, 2.24) is 19.3 Å². The minimum absolute atomic E-state index is 0. The van der Waals surface area contributed by atoms with Crippen LogP contribution in [0.15, 0.2) is 40.2 Å². The van der Waals surface area contributed by atoms with Gasteiger partial charge in [0.15, 0.2) is 5.69 Å². The second kappa shape index (κ2) is 14.1. The molecule has 0 atom stereocenters. The number of benzene rings is 1. The summed E-state index contributed by atoms with van der Waals surface area (Å²) in [7, 11) is -5.77. The Morgan fingerprint density at radius 1 is 1.02 bits per heavy atom. The molecule has 1 aromatic carbocycles. The zero-order valence-corrected chi connectivity index (χ0v) is 26.1. The molecule has 22 heteroatoms. The maximum absolute atomic E-state index is 13.5. The van der Waals surface area contributed by atoms with E-state index in [9.17, 15) is 50.3 Å². The molecule has 12 nitrogen and oxygen atoms in total. The maximum atomic E-state index is 13.5. The number of rotatable bonds is 7. The molecule has 3 rings (SSSR count). The van der Waals surface area contributed by atoms with Crippen molar-refractivity contribution in [2.45, 2.75) is 25.6 Å². The Kier molecular flexibility index (Phi) is 12.9. The van der Waals surface area contributed by atoms with Crippen LogP contribution in [0, 0.1) is 11.3 Å². The summed E-state index contributed by atoms with van der Waals surface area (Å²) in [4.78, 5) is 49.4. The summed E-state index contributed by atoms with van der Waals surface area (Å²) in [5.41, 5.74) is -8.20. The van der Waals surface area contributed by atoms with Gasteiger partial charge in [0.25, 0.3) is 11.1 Å². The van der Waals surface area contributed by atoms with Gasteiger partial charge in [0.2, 0.25) is 5.75 Å². The van der Waals surface area contributed by atoms with Crippen LogP contribution < -0.4 is 84.8 Å². The molecule has 0 spiro atoms. The Morgan fingerprint density at radius 3 is 2.20 bits per heavy atom. The van der Waals surface area contributed by atoms with Crippen molar-refractivity contribution in [2.75, 3.05) is 0 Å². The van der Waals surface area contributed by atoms with Crippen LogP contribution in [-0.4, -0.2) is 19.3 Å². The Morgan fingerprint density at radius 2 is 1.66 bits per heavy atom. The number of hydrogen-bond donors (Lipinski definition) is 0. The van der Waals surface area contributed by atoms with Crippen molar-refractivity contribution in [3.63, 3.8) is 0 Å². The molecule has 0 aliphatic rings. The van der Waals surface area contributed by atoms with E-state index >= 15 is 0 Å². The molecule has 0 aliphatic heterocycles. The summed E-state index contributed by atoms with van der Waals surface area (Å²) in [5, 5.41) is 12.2. The quantitative estimate of drug-likeness (QED) is 0.140. The SMILES string of the molecule is N#Cc1cc(Cl)cc(Oc2c(C(F)(F)F)ncn(Cc3cc(C(F)(F)F)c(=O)n(COP(=O)([O-])[O-])n3)c2=O)c1.[Na+].[Na+]. The monoisotopic (exact) mass is 645 g/mol. The fourth-order valence-corrected chi connectivity index (χ4v) is 3.42. The number of alkyl halides is 6. The first kappa shape index (κ1) is 37.3. The Bertz CT molecular complexity index is 1640. The fourth-order valence-electron chi connectivity index (χ4n) is 2.95. The molecule has 0 fully saturated rings. The third-order valence-corrected chi connectivity index (χ3v) is 5.14. The predicted octanol–water partition coefficient (Wildman–Crippen LogP) is -3.99.